The first-order valence-electron chi connectivity index (χ1n) is 10.2. The van der Waals surface area contributed by atoms with E-state index in [4.69, 9.17) is 11.6 Å². The van der Waals surface area contributed by atoms with Crippen molar-refractivity contribution in [3.05, 3.63) is 70.2 Å². The van der Waals surface area contributed by atoms with E-state index in [1.54, 1.807) is 7.05 Å². The fourth-order valence-corrected chi connectivity index (χ4v) is 3.76. The first-order valence-corrected chi connectivity index (χ1v) is 10.6. The lowest BCUT2D eigenvalue weighted by atomic mass is 9.99. The summed E-state index contributed by atoms with van der Waals surface area (Å²) in [5, 5.41) is 7.34. The molecule has 0 atom stereocenters. The minimum atomic E-state index is 0. The normalized spacial score (nSPS) is 13.3. The fraction of sp³-hybridized carbons (Fsp3) is 0.391. The van der Waals surface area contributed by atoms with Gasteiger partial charge in [0.25, 0.3) is 0 Å². The first-order chi connectivity index (χ1) is 14.2. The van der Waals surface area contributed by atoms with Gasteiger partial charge in [0.2, 0.25) is 5.91 Å². The number of fused-ring (bicyclic) bond motifs is 1. The van der Waals surface area contributed by atoms with E-state index in [2.05, 4.69) is 39.9 Å². The molecule has 2 aromatic rings. The summed E-state index contributed by atoms with van der Waals surface area (Å²) < 4.78 is 0. The molecule has 2 aromatic carbocycles. The summed E-state index contributed by atoms with van der Waals surface area (Å²) in [4.78, 5) is 18.7. The van der Waals surface area contributed by atoms with Crippen LogP contribution in [0.2, 0.25) is 5.02 Å². The smallest absolute Gasteiger partial charge is 0.222 e. The van der Waals surface area contributed by atoms with Crippen molar-refractivity contribution < 1.29 is 4.79 Å². The molecule has 1 aliphatic rings. The van der Waals surface area contributed by atoms with Crippen LogP contribution in [0.4, 0.5) is 0 Å². The number of hydrogen-bond donors (Lipinski definition) is 2. The molecule has 5 nitrogen and oxygen atoms in total. The number of halogens is 2. The van der Waals surface area contributed by atoms with Crippen molar-refractivity contribution in [3.63, 3.8) is 0 Å². The average Bonchev–Trinajstić information content (AvgIpc) is 2.75. The first kappa shape index (κ1) is 24.5. The molecule has 30 heavy (non-hydrogen) atoms. The lowest BCUT2D eigenvalue weighted by molar-refractivity contribution is -0.132. The third-order valence-corrected chi connectivity index (χ3v) is 5.40. The zero-order valence-corrected chi connectivity index (χ0v) is 20.5. The highest BCUT2D eigenvalue weighted by Crippen LogP contribution is 2.19. The van der Waals surface area contributed by atoms with E-state index in [-0.39, 0.29) is 29.9 Å². The Balaban J connectivity index is 0.00000320. The Kier molecular flexibility index (Phi) is 10.4. The highest BCUT2D eigenvalue weighted by molar-refractivity contribution is 14.0. The molecule has 0 radical (unpaired) electrons. The molecule has 0 spiro atoms. The van der Waals surface area contributed by atoms with Gasteiger partial charge in [-0.1, -0.05) is 48.0 Å². The molecule has 3 rings (SSSR count). The van der Waals surface area contributed by atoms with E-state index >= 15 is 0 Å². The lowest BCUT2D eigenvalue weighted by Crippen LogP contribution is -2.39. The van der Waals surface area contributed by atoms with Crippen LogP contribution in [0.25, 0.3) is 0 Å². The molecule has 1 heterocycles. The van der Waals surface area contributed by atoms with Gasteiger partial charge in [0.15, 0.2) is 5.96 Å². The van der Waals surface area contributed by atoms with Crippen molar-refractivity contribution in [1.82, 2.24) is 15.5 Å². The Morgan fingerprint density at radius 1 is 1.10 bits per heavy atom. The summed E-state index contributed by atoms with van der Waals surface area (Å²) in [6, 6.07) is 16.3. The third kappa shape index (κ3) is 7.47. The lowest BCUT2D eigenvalue weighted by Gasteiger charge is -2.29. The van der Waals surface area contributed by atoms with Crippen LogP contribution >= 0.6 is 35.6 Å². The SMILES string of the molecule is CN=C(NCCCC(=O)N1CCc2ccccc2C1)NCCc1cccc(Cl)c1.I. The molecule has 7 heteroatoms. The van der Waals surface area contributed by atoms with Crippen LogP contribution in [-0.4, -0.2) is 43.4 Å². The Bertz CT molecular complexity index is 859. The number of rotatable bonds is 7. The van der Waals surface area contributed by atoms with Crippen LogP contribution < -0.4 is 10.6 Å². The number of nitrogens with one attached hydrogen (secondary N) is 2. The molecule has 1 aliphatic heterocycles. The summed E-state index contributed by atoms with van der Waals surface area (Å²) in [6.07, 6.45) is 3.15. The molecule has 0 aromatic heterocycles. The molecule has 0 saturated heterocycles. The van der Waals surface area contributed by atoms with E-state index in [0.29, 0.717) is 13.0 Å². The molecule has 0 aliphatic carbocycles. The number of hydrogen-bond acceptors (Lipinski definition) is 2. The standard InChI is InChI=1S/C23H29ClN4O.HI/c1-25-23(27-14-11-18-6-4-9-21(24)16-18)26-13-5-10-22(29)28-15-12-19-7-2-3-8-20(19)17-28;/h2-4,6-9,16H,5,10-15,17H2,1H3,(H2,25,26,27);1H. The number of aliphatic imine (C=N–C) groups is 1. The largest absolute Gasteiger partial charge is 0.356 e. The van der Waals surface area contributed by atoms with Crippen molar-refractivity contribution in [2.24, 2.45) is 4.99 Å². The molecule has 1 amide bonds. The van der Waals surface area contributed by atoms with Gasteiger partial charge in [0.05, 0.1) is 0 Å². The van der Waals surface area contributed by atoms with Gasteiger partial charge >= 0.3 is 0 Å². The van der Waals surface area contributed by atoms with Gasteiger partial charge in [-0.2, -0.15) is 0 Å². The summed E-state index contributed by atoms with van der Waals surface area (Å²) in [7, 11) is 1.76. The fourth-order valence-electron chi connectivity index (χ4n) is 3.55. The van der Waals surface area contributed by atoms with Crippen LogP contribution in [0.3, 0.4) is 0 Å². The summed E-state index contributed by atoms with van der Waals surface area (Å²) in [5.74, 6) is 0.983. The van der Waals surface area contributed by atoms with Gasteiger partial charge in [-0.3, -0.25) is 9.79 Å². The van der Waals surface area contributed by atoms with E-state index in [0.717, 1.165) is 49.9 Å². The Hall–Kier alpha value is -1.80. The maximum absolute atomic E-state index is 12.5. The molecular formula is C23H30ClIN4O. The highest BCUT2D eigenvalue weighted by Gasteiger charge is 2.19. The molecule has 0 unspecified atom stereocenters. The number of guanidine groups is 1. The monoisotopic (exact) mass is 540 g/mol. The maximum Gasteiger partial charge on any atom is 0.222 e. The van der Waals surface area contributed by atoms with Crippen LogP contribution in [0.5, 0.6) is 0 Å². The summed E-state index contributed by atoms with van der Waals surface area (Å²) in [6.45, 7) is 3.03. The van der Waals surface area contributed by atoms with Gasteiger partial charge in [0.1, 0.15) is 0 Å². The second kappa shape index (κ2) is 12.8. The Morgan fingerprint density at radius 2 is 1.87 bits per heavy atom. The minimum Gasteiger partial charge on any atom is -0.356 e. The molecule has 0 fully saturated rings. The van der Waals surface area contributed by atoms with E-state index in [1.165, 1.54) is 16.7 Å². The summed E-state index contributed by atoms with van der Waals surface area (Å²) >= 11 is 6.02. The highest BCUT2D eigenvalue weighted by atomic mass is 127. The molecule has 0 bridgehead atoms. The number of carbonyl (C=O) groups excluding carboxylic acids is 1. The molecule has 162 valence electrons. The van der Waals surface area contributed by atoms with E-state index < -0.39 is 0 Å². The van der Waals surface area contributed by atoms with Gasteiger partial charge in [0, 0.05) is 44.7 Å². The topological polar surface area (TPSA) is 56.7 Å². The zero-order chi connectivity index (χ0) is 20.5. The van der Waals surface area contributed by atoms with Gasteiger partial charge < -0.3 is 15.5 Å². The van der Waals surface area contributed by atoms with Gasteiger partial charge in [-0.05, 0) is 48.1 Å². The zero-order valence-electron chi connectivity index (χ0n) is 17.4. The Morgan fingerprint density at radius 3 is 2.63 bits per heavy atom. The minimum absolute atomic E-state index is 0. The molecular weight excluding hydrogens is 511 g/mol. The predicted octanol–water partition coefficient (Wildman–Crippen LogP) is 4.03. The van der Waals surface area contributed by atoms with Crippen LogP contribution in [0.15, 0.2) is 53.5 Å². The van der Waals surface area contributed by atoms with Crippen LogP contribution in [0.1, 0.15) is 29.5 Å². The third-order valence-electron chi connectivity index (χ3n) is 5.16. The molecule has 0 saturated carbocycles. The predicted molar refractivity (Wildman–Crippen MR) is 135 cm³/mol. The number of carbonyl (C=O) groups is 1. The van der Waals surface area contributed by atoms with Crippen LogP contribution in [0, 0.1) is 0 Å². The van der Waals surface area contributed by atoms with Gasteiger partial charge in [-0.25, -0.2) is 0 Å². The van der Waals surface area contributed by atoms with Gasteiger partial charge in [-0.15, -0.1) is 24.0 Å². The van der Waals surface area contributed by atoms with Crippen molar-refractivity contribution in [1.29, 1.82) is 0 Å². The average molecular weight is 541 g/mol. The maximum atomic E-state index is 12.5. The number of benzene rings is 2. The number of nitrogens with zero attached hydrogens (tertiary/aromatic N) is 2. The van der Waals surface area contributed by atoms with Crippen molar-refractivity contribution in [2.45, 2.75) is 32.2 Å². The molecule has 2 N–H and O–H groups in total. The van der Waals surface area contributed by atoms with Crippen molar-refractivity contribution >= 4 is 47.4 Å². The second-order valence-corrected chi connectivity index (χ2v) is 7.68. The number of amides is 1. The van der Waals surface area contributed by atoms with Crippen molar-refractivity contribution in [2.75, 3.05) is 26.7 Å². The Labute approximate surface area is 201 Å². The second-order valence-electron chi connectivity index (χ2n) is 7.24. The quantitative estimate of drug-likeness (QED) is 0.241. The van der Waals surface area contributed by atoms with Crippen LogP contribution in [-0.2, 0) is 24.2 Å². The summed E-state index contributed by atoms with van der Waals surface area (Å²) in [5.41, 5.74) is 3.83. The van der Waals surface area contributed by atoms with Crippen molar-refractivity contribution in [3.8, 4) is 0 Å². The van der Waals surface area contributed by atoms with E-state index in [1.807, 2.05) is 29.2 Å². The van der Waals surface area contributed by atoms with E-state index in [9.17, 15) is 4.79 Å².